The highest BCUT2D eigenvalue weighted by atomic mass is 31.2. The predicted octanol–water partition coefficient (Wildman–Crippen LogP) is 7.40. The van der Waals surface area contributed by atoms with E-state index in [1.807, 2.05) is 0 Å². The highest BCUT2D eigenvalue weighted by molar-refractivity contribution is 7.47. The fourth-order valence-corrected chi connectivity index (χ4v) is 8.00. The third-order valence-electron chi connectivity index (χ3n) is 10.2. The van der Waals surface area contributed by atoms with Gasteiger partial charge in [0.1, 0.15) is 18.5 Å². The van der Waals surface area contributed by atoms with Crippen molar-refractivity contribution in [1.82, 2.24) is 0 Å². The van der Waals surface area contributed by atoms with E-state index in [1.54, 1.807) is 12.2 Å². The molecule has 0 bridgehead atoms. The van der Waals surface area contributed by atoms with Crippen molar-refractivity contribution in [1.29, 1.82) is 0 Å². The molecule has 16 nitrogen and oxygen atoms in total. The topological polar surface area (TPSA) is 253 Å². The number of aliphatic hydroxyl groups is 3. The van der Waals surface area contributed by atoms with Crippen molar-refractivity contribution >= 4 is 33.4 Å². The Kier molecular flexibility index (Phi) is 30.2. The molecule has 0 radical (unpaired) electrons. The number of allylic oxidation sites excluding steroid dienone is 1. The molecule has 7 atom stereocenters. The number of aliphatic hydroxyl groups excluding tert-OH is 3. The Balaban J connectivity index is 2.54. The molecule has 1 aliphatic carbocycles. The van der Waals surface area contributed by atoms with Gasteiger partial charge in [-0.15, -0.1) is 0 Å². The smallest absolute Gasteiger partial charge is 0.462 e. The Morgan fingerprint density at radius 1 is 0.729 bits per heavy atom. The van der Waals surface area contributed by atoms with E-state index in [2.05, 4.69) is 29.8 Å². The molecule has 1 aliphatic rings. The molecule has 0 amide bonds. The van der Waals surface area contributed by atoms with Crippen LogP contribution in [0.3, 0.4) is 0 Å². The van der Waals surface area contributed by atoms with Crippen LogP contribution in [0.2, 0.25) is 0 Å². The molecule has 0 heterocycles. The van der Waals surface area contributed by atoms with Crippen LogP contribution < -0.4 is 0 Å². The number of hydrogen-bond acceptors (Lipinski definition) is 13. The average molecular weight is 887 g/mol. The molecular weight excluding hydrogens is 810 g/mol. The second kappa shape index (κ2) is 32.2. The van der Waals surface area contributed by atoms with Crippen molar-refractivity contribution in [2.75, 3.05) is 26.4 Å². The summed E-state index contributed by atoms with van der Waals surface area (Å²) in [6.45, 7) is 3.65. The van der Waals surface area contributed by atoms with E-state index in [9.17, 15) is 43.7 Å². The maximum atomic E-state index is 12.7. The number of phosphoric acid groups is 2. The number of carbonyl (C=O) groups excluding carboxylic acids is 3. The number of hydrogen-bond donors (Lipinski definition) is 6. The highest BCUT2D eigenvalue weighted by Gasteiger charge is 2.39. The summed E-state index contributed by atoms with van der Waals surface area (Å²) in [6, 6.07) is 0. The summed E-state index contributed by atoms with van der Waals surface area (Å²) >= 11 is 0. The van der Waals surface area contributed by atoms with E-state index in [-0.39, 0.29) is 31.0 Å². The molecule has 0 aromatic heterocycles. The van der Waals surface area contributed by atoms with Crippen LogP contribution in [0.15, 0.2) is 12.2 Å². The molecule has 1 fully saturated rings. The third kappa shape index (κ3) is 30.2. The summed E-state index contributed by atoms with van der Waals surface area (Å²) in [5, 5.41) is 30.5. The number of ether oxygens (including phenoxy) is 2. The molecule has 0 aromatic rings. The number of phosphoric ester groups is 2. The Morgan fingerprint density at radius 2 is 1.27 bits per heavy atom. The van der Waals surface area contributed by atoms with Crippen LogP contribution in [-0.2, 0) is 46.6 Å². The first-order valence-corrected chi connectivity index (χ1v) is 24.9. The highest BCUT2D eigenvalue weighted by Crippen LogP contribution is 2.44. The van der Waals surface area contributed by atoms with E-state index in [0.29, 0.717) is 32.1 Å². The zero-order valence-corrected chi connectivity index (χ0v) is 37.5. The van der Waals surface area contributed by atoms with Gasteiger partial charge in [0.2, 0.25) is 0 Å². The SMILES string of the molecule is CCCCC[C@H](O)/C=C/[C@H]1C(=O)C[C@H](O)[C@@H]1CCCCCCC(=O)OC[C@H](COP(=O)(O)OC[C@@H](O)COP(=O)(O)O)OC(=O)CCCCCCCCCCCC(C)C. The zero-order chi connectivity index (χ0) is 44.1. The fraction of sp³-hybridized carbons (Fsp3) is 0.878. The van der Waals surface area contributed by atoms with Crippen LogP contribution in [0.5, 0.6) is 0 Å². The van der Waals surface area contributed by atoms with Crippen LogP contribution in [0, 0.1) is 17.8 Å². The standard InChI is InChI=1S/C41H76O16P2/c1-4-5-15-21-33(42)25-26-37-36(38(44)27-39(37)45)22-17-13-14-18-23-40(46)53-30-35(31-56-59(51,52)55-29-34(43)28-54-58(48,49)50)57-41(47)24-19-12-10-8-6-7-9-11-16-20-32(2)3/h25-26,32-38,42-44H,4-24,27-31H2,1-3H3,(H,51,52)(H2,48,49,50)/b26-25+/t33-,34-,35+,36+,37+,38-/m0/s1. The van der Waals surface area contributed by atoms with Crippen LogP contribution in [0.4, 0.5) is 0 Å². The third-order valence-corrected chi connectivity index (χ3v) is 11.7. The summed E-state index contributed by atoms with van der Waals surface area (Å²) in [5.74, 6) is -1.13. The van der Waals surface area contributed by atoms with Gasteiger partial charge >= 0.3 is 27.6 Å². The van der Waals surface area contributed by atoms with Gasteiger partial charge in [0.25, 0.3) is 0 Å². The molecular formula is C41H76O16P2. The lowest BCUT2D eigenvalue weighted by atomic mass is 9.88. The van der Waals surface area contributed by atoms with Gasteiger partial charge in [-0.05, 0) is 37.5 Å². The zero-order valence-electron chi connectivity index (χ0n) is 35.7. The molecule has 1 rings (SSSR count). The van der Waals surface area contributed by atoms with Gasteiger partial charge in [-0.2, -0.15) is 0 Å². The first-order chi connectivity index (χ1) is 27.9. The lowest BCUT2D eigenvalue weighted by molar-refractivity contribution is -0.161. The largest absolute Gasteiger partial charge is 0.472 e. The van der Waals surface area contributed by atoms with Crippen LogP contribution in [0.25, 0.3) is 0 Å². The van der Waals surface area contributed by atoms with Gasteiger partial charge in [0.05, 0.1) is 32.0 Å². The van der Waals surface area contributed by atoms with Gasteiger partial charge < -0.3 is 39.5 Å². The fourth-order valence-electron chi connectivity index (χ4n) is 6.85. The van der Waals surface area contributed by atoms with Gasteiger partial charge in [0.15, 0.2) is 6.10 Å². The molecule has 0 saturated heterocycles. The Morgan fingerprint density at radius 3 is 1.88 bits per heavy atom. The molecule has 0 aromatic carbocycles. The molecule has 346 valence electrons. The van der Waals surface area contributed by atoms with Gasteiger partial charge in [-0.25, -0.2) is 9.13 Å². The van der Waals surface area contributed by atoms with Crippen LogP contribution in [-0.4, -0.2) is 98.6 Å². The lowest BCUT2D eigenvalue weighted by Crippen LogP contribution is -2.30. The Hall–Kier alpha value is -1.55. The second-order valence-corrected chi connectivity index (χ2v) is 18.9. The normalized spacial score (nSPS) is 19.9. The molecule has 1 unspecified atom stereocenters. The average Bonchev–Trinajstić information content (AvgIpc) is 3.43. The minimum Gasteiger partial charge on any atom is -0.462 e. The van der Waals surface area contributed by atoms with Crippen molar-refractivity contribution in [2.24, 2.45) is 17.8 Å². The maximum absolute atomic E-state index is 12.7. The number of carbonyl (C=O) groups is 3. The van der Waals surface area contributed by atoms with Crippen molar-refractivity contribution < 1.29 is 76.6 Å². The maximum Gasteiger partial charge on any atom is 0.472 e. The van der Waals surface area contributed by atoms with Gasteiger partial charge in [-0.1, -0.05) is 129 Å². The summed E-state index contributed by atoms with van der Waals surface area (Å²) < 4.78 is 47.7. The first kappa shape index (κ1) is 55.5. The van der Waals surface area contributed by atoms with E-state index in [0.717, 1.165) is 63.7 Å². The number of esters is 2. The van der Waals surface area contributed by atoms with Gasteiger partial charge in [0, 0.05) is 25.2 Å². The number of ketones is 1. The number of rotatable bonds is 37. The lowest BCUT2D eigenvalue weighted by Gasteiger charge is -2.20. The minimum atomic E-state index is -4.89. The van der Waals surface area contributed by atoms with Crippen molar-refractivity contribution in [3.8, 4) is 0 Å². The second-order valence-electron chi connectivity index (χ2n) is 16.2. The Labute approximate surface area is 352 Å². The van der Waals surface area contributed by atoms with Crippen LogP contribution >= 0.6 is 15.6 Å². The quantitative estimate of drug-likeness (QED) is 0.0154. The molecule has 6 N–H and O–H groups in total. The van der Waals surface area contributed by atoms with E-state index in [4.69, 9.17) is 23.8 Å². The molecule has 1 saturated carbocycles. The molecule has 59 heavy (non-hydrogen) atoms. The molecule has 0 aliphatic heterocycles. The predicted molar refractivity (Wildman–Crippen MR) is 222 cm³/mol. The van der Waals surface area contributed by atoms with Crippen LogP contribution in [0.1, 0.15) is 162 Å². The summed E-state index contributed by atoms with van der Waals surface area (Å²) in [7, 11) is -9.75. The minimum absolute atomic E-state index is 0.0280. The number of unbranched alkanes of at least 4 members (excludes halogenated alkanes) is 13. The van der Waals surface area contributed by atoms with E-state index < -0.39 is 84.3 Å². The Bertz CT molecular complexity index is 1270. The summed E-state index contributed by atoms with van der Waals surface area (Å²) in [4.78, 5) is 65.4. The first-order valence-electron chi connectivity index (χ1n) is 21.8. The van der Waals surface area contributed by atoms with E-state index >= 15 is 0 Å². The van der Waals surface area contributed by atoms with E-state index in [1.165, 1.54) is 32.1 Å². The molecule has 0 spiro atoms. The summed E-state index contributed by atoms with van der Waals surface area (Å²) in [5.41, 5.74) is 0. The van der Waals surface area contributed by atoms with Crippen molar-refractivity contribution in [3.05, 3.63) is 12.2 Å². The summed E-state index contributed by atoms with van der Waals surface area (Å²) in [6.07, 6.45) is 17.1. The van der Waals surface area contributed by atoms with Crippen molar-refractivity contribution in [2.45, 2.75) is 186 Å². The van der Waals surface area contributed by atoms with Crippen molar-refractivity contribution in [3.63, 3.8) is 0 Å². The molecule has 18 heteroatoms. The van der Waals surface area contributed by atoms with Gasteiger partial charge in [-0.3, -0.25) is 28.0 Å². The number of Topliss-reactive ketones (excluding diaryl/α,β-unsaturated/α-hetero) is 1. The monoisotopic (exact) mass is 886 g/mol.